The molecule has 2 aliphatic rings. The predicted molar refractivity (Wildman–Crippen MR) is 132 cm³/mol. The molecule has 0 aromatic heterocycles. The highest BCUT2D eigenvalue weighted by molar-refractivity contribution is 7.89. The lowest BCUT2D eigenvalue weighted by Gasteiger charge is -2.37. The molecule has 0 unspecified atom stereocenters. The first-order chi connectivity index (χ1) is 15.8. The Kier molecular flexibility index (Phi) is 7.10. The molecule has 1 heterocycles. The highest BCUT2D eigenvalue weighted by Crippen LogP contribution is 2.28. The zero-order chi connectivity index (χ0) is 23.6. The maximum absolute atomic E-state index is 13.2. The second-order valence-corrected chi connectivity index (χ2v) is 11.3. The molecule has 1 aliphatic heterocycles. The van der Waals surface area contributed by atoms with E-state index in [0.717, 1.165) is 38.8 Å². The van der Waals surface area contributed by atoms with E-state index in [9.17, 15) is 13.2 Å². The van der Waals surface area contributed by atoms with E-state index in [4.69, 9.17) is 0 Å². The van der Waals surface area contributed by atoms with Crippen LogP contribution in [0.25, 0.3) is 0 Å². The molecule has 0 radical (unpaired) electrons. The Morgan fingerprint density at radius 2 is 1.61 bits per heavy atom. The van der Waals surface area contributed by atoms with E-state index in [-0.39, 0.29) is 16.8 Å². The van der Waals surface area contributed by atoms with Crippen molar-refractivity contribution in [3.8, 4) is 0 Å². The predicted octanol–water partition coefficient (Wildman–Crippen LogP) is 4.22. The van der Waals surface area contributed by atoms with Crippen LogP contribution in [0.4, 0.5) is 5.69 Å². The quantitative estimate of drug-likeness (QED) is 0.658. The molecule has 1 amide bonds. The number of amides is 1. The van der Waals surface area contributed by atoms with Gasteiger partial charge in [0.05, 0.1) is 4.90 Å². The molecule has 2 aromatic rings. The van der Waals surface area contributed by atoms with E-state index in [1.165, 1.54) is 27.5 Å². The molecule has 0 bridgehead atoms. The summed E-state index contributed by atoms with van der Waals surface area (Å²) in [6.45, 7) is 7.01. The zero-order valence-electron chi connectivity index (χ0n) is 20.0. The lowest BCUT2D eigenvalue weighted by Crippen LogP contribution is -2.49. The van der Waals surface area contributed by atoms with Crippen LogP contribution in [0.3, 0.4) is 0 Å². The van der Waals surface area contributed by atoms with Crippen LogP contribution in [0.15, 0.2) is 47.4 Å². The highest BCUT2D eigenvalue weighted by Gasteiger charge is 2.30. The Labute approximate surface area is 198 Å². The van der Waals surface area contributed by atoms with Crippen LogP contribution in [-0.2, 0) is 10.0 Å². The molecule has 7 heteroatoms. The number of carbonyl (C=O) groups excluding carboxylic acids is 1. The van der Waals surface area contributed by atoms with E-state index < -0.39 is 10.0 Å². The summed E-state index contributed by atoms with van der Waals surface area (Å²) in [5.41, 5.74) is 4.20. The van der Waals surface area contributed by atoms with Crippen molar-refractivity contribution < 1.29 is 13.2 Å². The van der Waals surface area contributed by atoms with Gasteiger partial charge in [0.25, 0.3) is 5.91 Å². The molecule has 2 aromatic carbocycles. The molecule has 33 heavy (non-hydrogen) atoms. The number of carbonyl (C=O) groups is 1. The maximum Gasteiger partial charge on any atom is 0.254 e. The Bertz CT molecular complexity index is 1100. The van der Waals surface area contributed by atoms with E-state index in [1.54, 1.807) is 31.3 Å². The summed E-state index contributed by atoms with van der Waals surface area (Å²) >= 11 is 0. The van der Waals surface area contributed by atoms with Gasteiger partial charge < -0.3 is 9.80 Å². The van der Waals surface area contributed by atoms with Crippen LogP contribution in [-0.4, -0.2) is 62.8 Å². The number of anilines is 1. The molecule has 1 saturated heterocycles. The Morgan fingerprint density at radius 3 is 2.30 bits per heavy atom. The van der Waals surface area contributed by atoms with Crippen LogP contribution < -0.4 is 4.90 Å². The first-order valence-electron chi connectivity index (χ1n) is 12.0. The summed E-state index contributed by atoms with van der Waals surface area (Å²) in [5.74, 6) is -0.104. The van der Waals surface area contributed by atoms with Crippen molar-refractivity contribution in [1.82, 2.24) is 9.21 Å². The fourth-order valence-corrected chi connectivity index (χ4v) is 6.47. The fourth-order valence-electron chi connectivity index (χ4n) is 5.01. The molecular weight excluding hydrogens is 434 g/mol. The molecular formula is C26H35N3O3S. The molecule has 0 N–H and O–H groups in total. The third kappa shape index (κ3) is 4.94. The summed E-state index contributed by atoms with van der Waals surface area (Å²) < 4.78 is 28.0. The molecule has 4 rings (SSSR count). The average molecular weight is 470 g/mol. The lowest BCUT2D eigenvalue weighted by molar-refractivity contribution is 0.0746. The third-order valence-electron chi connectivity index (χ3n) is 7.33. The van der Waals surface area contributed by atoms with Crippen molar-refractivity contribution in [1.29, 1.82) is 0 Å². The summed E-state index contributed by atoms with van der Waals surface area (Å²) in [6.07, 6.45) is 5.11. The normalized spacial score (nSPS) is 18.1. The summed E-state index contributed by atoms with van der Waals surface area (Å²) in [6, 6.07) is 12.9. The van der Waals surface area contributed by atoms with E-state index in [0.29, 0.717) is 18.7 Å². The second kappa shape index (κ2) is 9.85. The minimum atomic E-state index is -3.62. The largest absolute Gasteiger partial charge is 0.368 e. The Morgan fingerprint density at radius 1 is 0.939 bits per heavy atom. The standard InChI is InChI=1S/C26H35N3O3S/c1-20-9-7-14-25(21(20)2)28-15-17-29(18-16-28)26(30)22-10-8-13-24(19-22)33(31,32)27(3)23-11-5-4-6-12-23/h7-10,13-14,19,23H,4-6,11-12,15-18H2,1-3H3. The molecule has 6 nitrogen and oxygen atoms in total. The number of piperazine rings is 1. The molecule has 2 fully saturated rings. The Balaban J connectivity index is 1.45. The van der Waals surface area contributed by atoms with Crippen LogP contribution in [0.1, 0.15) is 53.6 Å². The minimum absolute atomic E-state index is 0.0428. The van der Waals surface area contributed by atoms with Crippen molar-refractivity contribution in [3.63, 3.8) is 0 Å². The first-order valence-corrected chi connectivity index (χ1v) is 13.4. The number of nitrogens with zero attached hydrogens (tertiary/aromatic N) is 3. The minimum Gasteiger partial charge on any atom is -0.368 e. The van der Waals surface area contributed by atoms with Crippen LogP contribution in [0.5, 0.6) is 0 Å². The van der Waals surface area contributed by atoms with Gasteiger partial charge >= 0.3 is 0 Å². The second-order valence-electron chi connectivity index (χ2n) is 9.34. The van der Waals surface area contributed by atoms with Gasteiger partial charge in [-0.1, -0.05) is 37.5 Å². The smallest absolute Gasteiger partial charge is 0.254 e. The monoisotopic (exact) mass is 469 g/mol. The number of benzene rings is 2. The third-order valence-corrected chi connectivity index (χ3v) is 9.24. The van der Waals surface area contributed by atoms with Gasteiger partial charge in [0.1, 0.15) is 0 Å². The van der Waals surface area contributed by atoms with Crippen molar-refractivity contribution in [2.75, 3.05) is 38.1 Å². The summed E-state index contributed by atoms with van der Waals surface area (Å²) in [4.78, 5) is 17.6. The molecule has 1 saturated carbocycles. The lowest BCUT2D eigenvalue weighted by atomic mass is 9.96. The van der Waals surface area contributed by atoms with Crippen LogP contribution in [0, 0.1) is 13.8 Å². The highest BCUT2D eigenvalue weighted by atomic mass is 32.2. The van der Waals surface area contributed by atoms with Crippen LogP contribution in [0.2, 0.25) is 0 Å². The molecule has 0 atom stereocenters. The fraction of sp³-hybridized carbons (Fsp3) is 0.500. The molecule has 1 aliphatic carbocycles. The summed E-state index contributed by atoms with van der Waals surface area (Å²) in [5, 5.41) is 0. The van der Waals surface area contributed by atoms with E-state index >= 15 is 0 Å². The van der Waals surface area contributed by atoms with Gasteiger partial charge in [0.2, 0.25) is 10.0 Å². The van der Waals surface area contributed by atoms with E-state index in [2.05, 4.69) is 36.9 Å². The maximum atomic E-state index is 13.2. The average Bonchev–Trinajstić information content (AvgIpc) is 2.85. The van der Waals surface area contributed by atoms with Gasteiger partial charge in [-0.3, -0.25) is 4.79 Å². The van der Waals surface area contributed by atoms with Gasteiger partial charge in [0.15, 0.2) is 0 Å². The number of hydrogen-bond donors (Lipinski definition) is 0. The molecule has 0 spiro atoms. The van der Waals surface area contributed by atoms with E-state index in [1.807, 2.05) is 4.90 Å². The number of sulfonamides is 1. The zero-order valence-corrected chi connectivity index (χ0v) is 20.8. The summed E-state index contributed by atoms with van der Waals surface area (Å²) in [7, 11) is -1.95. The Hall–Kier alpha value is -2.38. The number of aryl methyl sites for hydroxylation is 1. The van der Waals surface area contributed by atoms with Gasteiger partial charge in [0, 0.05) is 50.5 Å². The van der Waals surface area contributed by atoms with Crippen molar-refractivity contribution in [2.45, 2.75) is 56.9 Å². The number of hydrogen-bond acceptors (Lipinski definition) is 4. The van der Waals surface area contributed by atoms with Crippen molar-refractivity contribution in [2.24, 2.45) is 0 Å². The van der Waals surface area contributed by atoms with Crippen molar-refractivity contribution in [3.05, 3.63) is 59.2 Å². The molecule has 178 valence electrons. The number of rotatable bonds is 5. The van der Waals surface area contributed by atoms with Crippen LogP contribution >= 0.6 is 0 Å². The topological polar surface area (TPSA) is 60.9 Å². The van der Waals surface area contributed by atoms with Gasteiger partial charge in [-0.05, 0) is 62.1 Å². The first kappa shape index (κ1) is 23.8. The van der Waals surface area contributed by atoms with Gasteiger partial charge in [-0.15, -0.1) is 0 Å². The van der Waals surface area contributed by atoms with Gasteiger partial charge in [-0.2, -0.15) is 4.31 Å². The van der Waals surface area contributed by atoms with Gasteiger partial charge in [-0.25, -0.2) is 8.42 Å². The van der Waals surface area contributed by atoms with Crippen molar-refractivity contribution >= 4 is 21.6 Å². The SMILES string of the molecule is Cc1cccc(N2CCN(C(=O)c3cccc(S(=O)(=O)N(C)C4CCCCC4)c3)CC2)c1C.